The van der Waals surface area contributed by atoms with E-state index in [0.29, 0.717) is 0 Å². The molecular weight excluding hydrogens is 400 g/mol. The van der Waals surface area contributed by atoms with Crippen LogP contribution in [0.1, 0.15) is 34.9 Å². The van der Waals surface area contributed by atoms with Crippen molar-refractivity contribution >= 4 is 38.9 Å². The van der Waals surface area contributed by atoms with Crippen molar-refractivity contribution in [2.75, 3.05) is 0 Å². The quantitative estimate of drug-likeness (QED) is 0.274. The van der Waals surface area contributed by atoms with Crippen molar-refractivity contribution in [2.24, 2.45) is 0 Å². The zero-order valence-electron chi connectivity index (χ0n) is 17.2. The Morgan fingerprint density at radius 3 is 1.81 bits per heavy atom. The number of carbonyl (C=O) groups excluding carboxylic acids is 1. The Labute approximate surface area is 185 Å². The summed E-state index contributed by atoms with van der Waals surface area (Å²) in [4.78, 5) is 14.3. The van der Waals surface area contributed by atoms with Crippen LogP contribution >= 0.6 is 11.3 Å². The first-order valence-corrected chi connectivity index (χ1v) is 11.3. The van der Waals surface area contributed by atoms with Crippen molar-refractivity contribution in [3.63, 3.8) is 0 Å². The molecule has 0 aliphatic rings. The molecule has 0 saturated heterocycles. The molecule has 0 saturated carbocycles. The standard InChI is InChI=1S/C28H22O2S/c1-19(26-17-8-18-31-26)28(29)30-27(24-15-6-11-20-9-2-4-13-22(20)24)25-16-7-12-21-10-3-5-14-23(21)25/h2-19,27H,1H3/t19-/m0/s1. The van der Waals surface area contributed by atoms with Crippen LogP contribution in [0.4, 0.5) is 0 Å². The number of ether oxygens (including phenoxy) is 1. The molecule has 0 bridgehead atoms. The molecule has 152 valence electrons. The second-order valence-corrected chi connectivity index (χ2v) is 8.67. The molecular formula is C28H22O2S. The van der Waals surface area contributed by atoms with Gasteiger partial charge in [0.1, 0.15) is 0 Å². The van der Waals surface area contributed by atoms with Gasteiger partial charge in [-0.05, 0) is 39.9 Å². The van der Waals surface area contributed by atoms with E-state index < -0.39 is 6.10 Å². The first kappa shape index (κ1) is 19.5. The monoisotopic (exact) mass is 422 g/mol. The summed E-state index contributed by atoms with van der Waals surface area (Å²) in [5, 5.41) is 6.45. The van der Waals surface area contributed by atoms with Crippen LogP contribution in [0.25, 0.3) is 21.5 Å². The number of hydrogen-bond acceptors (Lipinski definition) is 3. The molecule has 3 heteroatoms. The Bertz CT molecular complexity index is 1260. The van der Waals surface area contributed by atoms with Gasteiger partial charge < -0.3 is 4.74 Å². The SMILES string of the molecule is C[C@H](C(=O)OC(c1cccc2ccccc12)c1cccc2ccccc12)c1cccs1. The van der Waals surface area contributed by atoms with Crippen LogP contribution < -0.4 is 0 Å². The minimum Gasteiger partial charge on any atom is -0.452 e. The van der Waals surface area contributed by atoms with Gasteiger partial charge in [-0.25, -0.2) is 0 Å². The number of rotatable bonds is 5. The lowest BCUT2D eigenvalue weighted by molar-refractivity contribution is -0.148. The molecule has 2 nitrogen and oxygen atoms in total. The summed E-state index contributed by atoms with van der Waals surface area (Å²) in [5.74, 6) is -0.527. The van der Waals surface area contributed by atoms with E-state index in [1.165, 1.54) is 0 Å². The van der Waals surface area contributed by atoms with Crippen LogP contribution in [-0.2, 0) is 9.53 Å². The second kappa shape index (κ2) is 8.37. The van der Waals surface area contributed by atoms with E-state index in [1.807, 2.05) is 60.8 Å². The highest BCUT2D eigenvalue weighted by Gasteiger charge is 2.26. The van der Waals surface area contributed by atoms with Crippen molar-refractivity contribution in [1.29, 1.82) is 0 Å². The number of hydrogen-bond donors (Lipinski definition) is 0. The maximum absolute atomic E-state index is 13.3. The van der Waals surface area contributed by atoms with Gasteiger partial charge in [-0.1, -0.05) is 91.0 Å². The lowest BCUT2D eigenvalue weighted by atomic mass is 9.92. The fraction of sp³-hybridized carbons (Fsp3) is 0.107. The fourth-order valence-electron chi connectivity index (χ4n) is 4.12. The Morgan fingerprint density at radius 2 is 1.26 bits per heavy atom. The van der Waals surface area contributed by atoms with Crippen LogP contribution in [-0.4, -0.2) is 5.97 Å². The molecule has 0 unspecified atom stereocenters. The van der Waals surface area contributed by atoms with E-state index >= 15 is 0 Å². The topological polar surface area (TPSA) is 26.3 Å². The molecule has 0 aliphatic heterocycles. The van der Waals surface area contributed by atoms with Gasteiger partial charge >= 0.3 is 5.97 Å². The maximum atomic E-state index is 13.3. The molecule has 1 heterocycles. The number of benzene rings is 4. The number of carbonyl (C=O) groups is 1. The van der Waals surface area contributed by atoms with E-state index in [1.54, 1.807) is 11.3 Å². The summed E-state index contributed by atoms with van der Waals surface area (Å²) >= 11 is 1.58. The van der Waals surface area contributed by atoms with Crippen LogP contribution in [0.3, 0.4) is 0 Å². The number of thiophene rings is 1. The van der Waals surface area contributed by atoms with Crippen molar-refractivity contribution in [3.05, 3.63) is 118 Å². The molecule has 0 aliphatic carbocycles. The smallest absolute Gasteiger partial charge is 0.314 e. The molecule has 31 heavy (non-hydrogen) atoms. The van der Waals surface area contributed by atoms with E-state index in [9.17, 15) is 4.79 Å². The molecule has 0 radical (unpaired) electrons. The highest BCUT2D eigenvalue weighted by Crippen LogP contribution is 2.37. The minimum absolute atomic E-state index is 0.215. The van der Waals surface area contributed by atoms with E-state index in [-0.39, 0.29) is 11.9 Å². The lowest BCUT2D eigenvalue weighted by Gasteiger charge is -2.23. The van der Waals surface area contributed by atoms with Gasteiger partial charge in [-0.2, -0.15) is 0 Å². The predicted molar refractivity (Wildman–Crippen MR) is 129 cm³/mol. The maximum Gasteiger partial charge on any atom is 0.314 e. The average Bonchev–Trinajstić information content (AvgIpc) is 3.36. The van der Waals surface area contributed by atoms with Crippen molar-refractivity contribution < 1.29 is 9.53 Å². The Kier molecular flexibility index (Phi) is 5.27. The van der Waals surface area contributed by atoms with Gasteiger partial charge in [-0.15, -0.1) is 11.3 Å². The van der Waals surface area contributed by atoms with Crippen LogP contribution in [0.2, 0.25) is 0 Å². The summed E-state index contributed by atoms with van der Waals surface area (Å²) < 4.78 is 6.29. The summed E-state index contributed by atoms with van der Waals surface area (Å²) in [6, 6.07) is 32.8. The number of fused-ring (bicyclic) bond motifs is 2. The van der Waals surface area contributed by atoms with Gasteiger partial charge in [0.05, 0.1) is 5.92 Å². The van der Waals surface area contributed by atoms with Crippen LogP contribution in [0, 0.1) is 0 Å². The Morgan fingerprint density at radius 1 is 0.710 bits per heavy atom. The van der Waals surface area contributed by atoms with Crippen molar-refractivity contribution in [2.45, 2.75) is 18.9 Å². The van der Waals surface area contributed by atoms with Crippen molar-refractivity contribution in [1.82, 2.24) is 0 Å². The molecule has 5 rings (SSSR count). The molecule has 1 atom stereocenters. The molecule has 0 N–H and O–H groups in total. The van der Waals surface area contributed by atoms with Crippen molar-refractivity contribution in [3.8, 4) is 0 Å². The minimum atomic E-state index is -0.493. The number of esters is 1. The second-order valence-electron chi connectivity index (χ2n) is 7.69. The zero-order chi connectivity index (χ0) is 21.2. The van der Waals surface area contributed by atoms with Gasteiger partial charge in [0.25, 0.3) is 0 Å². The first-order valence-electron chi connectivity index (χ1n) is 10.4. The summed E-state index contributed by atoms with van der Waals surface area (Å²) in [5.41, 5.74) is 2.00. The van der Waals surface area contributed by atoms with Crippen LogP contribution in [0.15, 0.2) is 102 Å². The van der Waals surface area contributed by atoms with Gasteiger partial charge in [-0.3, -0.25) is 4.79 Å². The third kappa shape index (κ3) is 3.73. The zero-order valence-corrected chi connectivity index (χ0v) is 18.0. The molecule has 1 aromatic heterocycles. The highest BCUT2D eigenvalue weighted by molar-refractivity contribution is 7.10. The van der Waals surface area contributed by atoms with E-state index in [2.05, 4.69) is 48.5 Å². The predicted octanol–water partition coefficient (Wildman–Crippen LogP) is 7.49. The van der Waals surface area contributed by atoms with Crippen LogP contribution in [0.5, 0.6) is 0 Å². The molecule has 0 fully saturated rings. The Hall–Kier alpha value is -3.43. The summed E-state index contributed by atoms with van der Waals surface area (Å²) in [6.07, 6.45) is -0.493. The third-order valence-corrected chi connectivity index (χ3v) is 6.82. The van der Waals surface area contributed by atoms with Gasteiger partial charge in [0.15, 0.2) is 6.10 Å². The van der Waals surface area contributed by atoms with Gasteiger partial charge in [0, 0.05) is 16.0 Å². The fourth-order valence-corrected chi connectivity index (χ4v) is 4.90. The lowest BCUT2D eigenvalue weighted by Crippen LogP contribution is -2.18. The molecule has 5 aromatic rings. The van der Waals surface area contributed by atoms with E-state index in [4.69, 9.17) is 4.74 Å². The molecule has 4 aromatic carbocycles. The normalized spacial score (nSPS) is 12.3. The summed E-state index contributed by atoms with van der Waals surface area (Å²) in [7, 11) is 0. The highest BCUT2D eigenvalue weighted by atomic mass is 32.1. The third-order valence-electron chi connectivity index (χ3n) is 5.77. The van der Waals surface area contributed by atoms with Gasteiger partial charge in [0.2, 0.25) is 0 Å². The largest absolute Gasteiger partial charge is 0.452 e. The Balaban J connectivity index is 1.66. The first-order chi connectivity index (χ1) is 15.2. The van der Waals surface area contributed by atoms with E-state index in [0.717, 1.165) is 37.5 Å². The summed E-state index contributed by atoms with van der Waals surface area (Å²) in [6.45, 7) is 1.91. The molecule has 0 amide bonds. The average molecular weight is 423 g/mol. The molecule has 0 spiro atoms.